The van der Waals surface area contributed by atoms with E-state index in [1.165, 1.54) is 16.0 Å². The molecule has 1 amide bonds. The van der Waals surface area contributed by atoms with Crippen LogP contribution in [0.2, 0.25) is 0 Å². The molecule has 27 heavy (non-hydrogen) atoms. The molecule has 0 saturated carbocycles. The lowest BCUT2D eigenvalue weighted by atomic mass is 9.82. The largest absolute Gasteiger partial charge is 0.395 e. The zero-order valence-electron chi connectivity index (χ0n) is 15.3. The number of rotatable bonds is 5. The Balaban J connectivity index is 1.46. The third-order valence-corrected chi connectivity index (χ3v) is 6.64. The number of nitrogens with zero attached hydrogens (tertiary/aromatic N) is 2. The number of pyridine rings is 1. The van der Waals surface area contributed by atoms with Crippen molar-refractivity contribution in [3.63, 3.8) is 0 Å². The molecule has 1 spiro atoms. The van der Waals surface area contributed by atoms with Crippen LogP contribution in [0.5, 0.6) is 0 Å². The molecule has 0 aliphatic carbocycles. The fraction of sp³-hybridized carbons (Fsp3) is 0.500. The smallest absolute Gasteiger partial charge is 0.261 e. The number of hydrogen-bond donors (Lipinski definition) is 2. The fourth-order valence-electron chi connectivity index (χ4n) is 4.02. The van der Waals surface area contributed by atoms with Gasteiger partial charge in [-0.1, -0.05) is 0 Å². The van der Waals surface area contributed by atoms with Crippen LogP contribution < -0.4 is 5.32 Å². The van der Waals surface area contributed by atoms with Gasteiger partial charge < -0.3 is 15.2 Å². The Bertz CT molecular complexity index is 785. The van der Waals surface area contributed by atoms with Crippen LogP contribution in [0.4, 0.5) is 0 Å². The van der Waals surface area contributed by atoms with Gasteiger partial charge in [0.1, 0.15) is 0 Å². The highest BCUT2D eigenvalue weighted by molar-refractivity contribution is 7.14. The molecule has 0 bridgehead atoms. The summed E-state index contributed by atoms with van der Waals surface area (Å²) >= 11 is 1.57. The number of hydrogen-bond acceptors (Lipinski definition) is 6. The molecule has 0 radical (unpaired) electrons. The van der Waals surface area contributed by atoms with Gasteiger partial charge in [-0.15, -0.1) is 11.3 Å². The van der Waals surface area contributed by atoms with Crippen LogP contribution in [0.25, 0.3) is 0 Å². The number of piperidine rings is 1. The number of ether oxygens (including phenoxy) is 1. The maximum atomic E-state index is 12.3. The molecule has 2 aliphatic heterocycles. The van der Waals surface area contributed by atoms with Gasteiger partial charge in [0.15, 0.2) is 0 Å². The topological polar surface area (TPSA) is 74.7 Å². The minimum Gasteiger partial charge on any atom is -0.395 e. The van der Waals surface area contributed by atoms with Crippen LogP contribution in [0.3, 0.4) is 0 Å². The van der Waals surface area contributed by atoms with Crippen molar-refractivity contribution in [2.75, 3.05) is 32.8 Å². The van der Waals surface area contributed by atoms with Gasteiger partial charge in [0.05, 0.1) is 23.7 Å². The van der Waals surface area contributed by atoms with E-state index in [4.69, 9.17) is 9.84 Å². The van der Waals surface area contributed by atoms with E-state index in [0.717, 1.165) is 50.4 Å². The highest BCUT2D eigenvalue weighted by atomic mass is 32.1. The third kappa shape index (κ3) is 3.91. The summed E-state index contributed by atoms with van der Waals surface area (Å²) in [6, 6.07) is 6.15. The number of aliphatic hydroxyl groups excluding tert-OH is 1. The van der Waals surface area contributed by atoms with E-state index in [9.17, 15) is 4.79 Å². The summed E-state index contributed by atoms with van der Waals surface area (Å²) in [6.07, 6.45) is 6.44. The predicted molar refractivity (Wildman–Crippen MR) is 104 cm³/mol. The van der Waals surface area contributed by atoms with Crippen molar-refractivity contribution in [1.29, 1.82) is 0 Å². The molecule has 1 saturated heterocycles. The Kier molecular flexibility index (Phi) is 5.54. The van der Waals surface area contributed by atoms with E-state index in [-0.39, 0.29) is 24.7 Å². The Morgan fingerprint density at radius 2 is 2.11 bits per heavy atom. The molecule has 4 rings (SSSR count). The number of thiophene rings is 1. The van der Waals surface area contributed by atoms with Gasteiger partial charge in [0, 0.05) is 49.9 Å². The molecule has 4 heterocycles. The summed E-state index contributed by atoms with van der Waals surface area (Å²) in [5.74, 6) is -0.103. The van der Waals surface area contributed by atoms with Crippen LogP contribution in [-0.2, 0) is 23.3 Å². The highest BCUT2D eigenvalue weighted by Crippen LogP contribution is 2.44. The maximum Gasteiger partial charge on any atom is 0.261 e. The first-order chi connectivity index (χ1) is 13.2. The van der Waals surface area contributed by atoms with Gasteiger partial charge in [0.2, 0.25) is 0 Å². The number of carbonyl (C=O) groups excluding carboxylic acids is 1. The molecule has 2 aliphatic rings. The maximum absolute atomic E-state index is 12.3. The summed E-state index contributed by atoms with van der Waals surface area (Å²) in [6.45, 7) is 3.84. The van der Waals surface area contributed by atoms with Gasteiger partial charge in [0.25, 0.3) is 5.91 Å². The van der Waals surface area contributed by atoms with E-state index < -0.39 is 0 Å². The van der Waals surface area contributed by atoms with E-state index >= 15 is 0 Å². The number of nitrogens with one attached hydrogen (secondary N) is 1. The fourth-order valence-corrected chi connectivity index (χ4v) is 5.17. The third-order valence-electron chi connectivity index (χ3n) is 5.45. The van der Waals surface area contributed by atoms with Gasteiger partial charge in [-0.2, -0.15) is 0 Å². The number of likely N-dealkylation sites (tertiary alicyclic amines) is 1. The summed E-state index contributed by atoms with van der Waals surface area (Å²) in [5.41, 5.74) is 2.23. The Labute approximate surface area is 163 Å². The second kappa shape index (κ2) is 8.06. The molecule has 0 aromatic carbocycles. The Hall–Kier alpha value is -1.80. The molecule has 0 atom stereocenters. The monoisotopic (exact) mass is 387 g/mol. The molecule has 0 unspecified atom stereocenters. The Morgan fingerprint density at radius 1 is 1.33 bits per heavy atom. The first-order valence-electron chi connectivity index (χ1n) is 9.48. The van der Waals surface area contributed by atoms with Crippen LogP contribution in [0, 0.1) is 0 Å². The van der Waals surface area contributed by atoms with Crippen molar-refractivity contribution in [2.24, 2.45) is 0 Å². The van der Waals surface area contributed by atoms with Crippen LogP contribution in [0.15, 0.2) is 30.6 Å². The standard InChI is InChI=1S/C20H25N3O3S/c24-11-8-22-19(25)18-13-16-17(27-18)3-12-26-20(16)4-9-23(10-5-20)14-15-1-6-21-7-2-15/h1-2,6-7,13,24H,3-5,8-12,14H2,(H,22,25). The van der Waals surface area contributed by atoms with E-state index in [0.29, 0.717) is 0 Å². The van der Waals surface area contributed by atoms with Gasteiger partial charge in [-0.25, -0.2) is 0 Å². The molecular formula is C20H25N3O3S. The van der Waals surface area contributed by atoms with Crippen molar-refractivity contribution in [1.82, 2.24) is 15.2 Å². The lowest BCUT2D eigenvalue weighted by Gasteiger charge is -2.44. The van der Waals surface area contributed by atoms with Gasteiger partial charge >= 0.3 is 0 Å². The second-order valence-electron chi connectivity index (χ2n) is 7.15. The van der Waals surface area contributed by atoms with Crippen LogP contribution in [0.1, 0.15) is 38.5 Å². The normalized spacial score (nSPS) is 19.0. The molecule has 2 N–H and O–H groups in total. The predicted octanol–water partition coefficient (Wildman–Crippen LogP) is 1.93. The number of aromatic nitrogens is 1. The van der Waals surface area contributed by atoms with Crippen LogP contribution in [-0.4, -0.2) is 53.7 Å². The average molecular weight is 388 g/mol. The minimum atomic E-state index is -0.256. The number of aliphatic hydroxyl groups is 1. The van der Waals surface area contributed by atoms with Crippen LogP contribution >= 0.6 is 11.3 Å². The molecule has 6 nitrogen and oxygen atoms in total. The van der Waals surface area contributed by atoms with Crippen molar-refractivity contribution in [3.05, 3.63) is 51.5 Å². The zero-order valence-corrected chi connectivity index (χ0v) is 16.1. The SMILES string of the molecule is O=C(NCCO)c1cc2c(s1)CCOC21CCN(Cc2ccncc2)CC1. The van der Waals surface area contributed by atoms with Crippen molar-refractivity contribution < 1.29 is 14.6 Å². The summed E-state index contributed by atoms with van der Waals surface area (Å²) in [5, 5.41) is 11.7. The van der Waals surface area contributed by atoms with Gasteiger partial charge in [-0.3, -0.25) is 14.7 Å². The summed E-state index contributed by atoms with van der Waals surface area (Å²) in [7, 11) is 0. The first kappa shape index (κ1) is 18.6. The number of amides is 1. The minimum absolute atomic E-state index is 0.0445. The highest BCUT2D eigenvalue weighted by Gasteiger charge is 2.42. The molecule has 1 fully saturated rings. The van der Waals surface area contributed by atoms with Gasteiger partial charge in [-0.05, 0) is 42.2 Å². The Morgan fingerprint density at radius 3 is 2.85 bits per heavy atom. The average Bonchev–Trinajstić information content (AvgIpc) is 3.15. The number of carbonyl (C=O) groups is 1. The van der Waals surface area contributed by atoms with Crippen molar-refractivity contribution in [3.8, 4) is 0 Å². The molecular weight excluding hydrogens is 362 g/mol. The lowest BCUT2D eigenvalue weighted by Crippen LogP contribution is -2.45. The van der Waals surface area contributed by atoms with Crippen molar-refractivity contribution >= 4 is 17.2 Å². The summed E-state index contributed by atoms with van der Waals surface area (Å²) in [4.78, 5) is 20.8. The molecule has 144 valence electrons. The zero-order chi connectivity index (χ0) is 18.7. The van der Waals surface area contributed by atoms with E-state index in [1.807, 2.05) is 18.5 Å². The molecule has 2 aromatic heterocycles. The lowest BCUT2D eigenvalue weighted by molar-refractivity contribution is -0.0980. The van der Waals surface area contributed by atoms with E-state index in [2.05, 4.69) is 27.3 Å². The first-order valence-corrected chi connectivity index (χ1v) is 10.3. The summed E-state index contributed by atoms with van der Waals surface area (Å²) < 4.78 is 6.30. The quantitative estimate of drug-likeness (QED) is 0.820. The van der Waals surface area contributed by atoms with E-state index in [1.54, 1.807) is 11.3 Å². The molecule has 2 aromatic rings. The number of fused-ring (bicyclic) bond motifs is 2. The van der Waals surface area contributed by atoms with Crippen molar-refractivity contribution in [2.45, 2.75) is 31.4 Å². The molecule has 7 heteroatoms. The second-order valence-corrected chi connectivity index (χ2v) is 8.29.